The molecule has 1 aromatic carbocycles. The van der Waals surface area contributed by atoms with E-state index >= 15 is 0 Å². The summed E-state index contributed by atoms with van der Waals surface area (Å²) in [6, 6.07) is -0.0278. The van der Waals surface area contributed by atoms with Crippen molar-refractivity contribution in [2.45, 2.75) is 65.8 Å². The Morgan fingerprint density at radius 3 is 1.93 bits per heavy atom. The Kier molecular flexibility index (Phi) is 6.17. The van der Waals surface area contributed by atoms with Crippen LogP contribution in [0.25, 0.3) is 0 Å². The minimum atomic E-state index is -3.54. The van der Waals surface area contributed by atoms with Gasteiger partial charge in [-0.05, 0) is 69.4 Å². The van der Waals surface area contributed by atoms with Crippen LogP contribution >= 0.6 is 0 Å². The number of rotatable bonds is 5. The van der Waals surface area contributed by atoms with Gasteiger partial charge in [0.25, 0.3) is 0 Å². The topological polar surface area (TPSA) is 79.5 Å². The van der Waals surface area contributed by atoms with Crippen LogP contribution in [0.5, 0.6) is 0 Å². The van der Waals surface area contributed by atoms with E-state index in [4.69, 9.17) is 4.52 Å². The lowest BCUT2D eigenvalue weighted by atomic mass is 9.95. The van der Waals surface area contributed by atoms with Crippen LogP contribution < -0.4 is 0 Å². The van der Waals surface area contributed by atoms with E-state index in [0.29, 0.717) is 42.8 Å². The van der Waals surface area contributed by atoms with Crippen LogP contribution in [0.4, 0.5) is 0 Å². The predicted molar refractivity (Wildman–Crippen MR) is 113 cm³/mol. The average molecular weight is 421 g/mol. The smallest absolute Gasteiger partial charge is 0.243 e. The van der Waals surface area contributed by atoms with Crippen molar-refractivity contribution in [3.8, 4) is 0 Å². The molecule has 1 saturated heterocycles. The lowest BCUT2D eigenvalue weighted by Crippen LogP contribution is -2.49. The molecule has 1 aliphatic heterocycles. The number of aromatic nitrogens is 2. The molecule has 1 fully saturated rings. The highest BCUT2D eigenvalue weighted by Crippen LogP contribution is 2.32. The highest BCUT2D eigenvalue weighted by atomic mass is 32.2. The third kappa shape index (κ3) is 3.85. The molecular formula is C21H32N4O3S. The molecule has 0 amide bonds. The maximum Gasteiger partial charge on any atom is 0.243 e. The molecule has 7 nitrogen and oxygen atoms in total. The van der Waals surface area contributed by atoms with Crippen molar-refractivity contribution in [1.29, 1.82) is 0 Å². The Hall–Kier alpha value is -1.77. The average Bonchev–Trinajstić information content (AvgIpc) is 3.19. The largest absolute Gasteiger partial charge is 0.338 e. The molecule has 8 heteroatoms. The number of sulfonamides is 1. The Morgan fingerprint density at radius 1 is 0.931 bits per heavy atom. The monoisotopic (exact) mass is 420 g/mol. The molecule has 0 unspecified atom stereocenters. The van der Waals surface area contributed by atoms with Gasteiger partial charge in [0.2, 0.25) is 15.9 Å². The minimum Gasteiger partial charge on any atom is -0.338 e. The first-order valence-electron chi connectivity index (χ1n) is 10.2. The van der Waals surface area contributed by atoms with Crippen molar-refractivity contribution in [2.24, 2.45) is 0 Å². The second-order valence-electron chi connectivity index (χ2n) is 7.97. The number of aryl methyl sites for hydroxylation is 1. The van der Waals surface area contributed by atoms with Crippen molar-refractivity contribution in [3.63, 3.8) is 0 Å². The van der Waals surface area contributed by atoms with E-state index in [1.807, 2.05) is 41.5 Å². The van der Waals surface area contributed by atoms with Crippen LogP contribution in [0, 0.1) is 34.6 Å². The summed E-state index contributed by atoms with van der Waals surface area (Å²) in [6.07, 6.45) is 0.732. The molecule has 0 saturated carbocycles. The molecule has 1 aliphatic rings. The van der Waals surface area contributed by atoms with E-state index in [1.165, 1.54) is 5.56 Å². The van der Waals surface area contributed by atoms with Crippen LogP contribution in [-0.4, -0.2) is 53.9 Å². The van der Waals surface area contributed by atoms with Crippen LogP contribution in [0.2, 0.25) is 0 Å². The second kappa shape index (κ2) is 8.16. The molecule has 2 heterocycles. The Morgan fingerprint density at radius 2 is 1.45 bits per heavy atom. The summed E-state index contributed by atoms with van der Waals surface area (Å²) < 4.78 is 34.0. The fourth-order valence-electron chi connectivity index (χ4n) is 4.05. The molecule has 29 heavy (non-hydrogen) atoms. The van der Waals surface area contributed by atoms with Gasteiger partial charge < -0.3 is 4.52 Å². The van der Waals surface area contributed by atoms with Gasteiger partial charge in [0.1, 0.15) is 0 Å². The summed E-state index contributed by atoms with van der Waals surface area (Å²) in [4.78, 5) is 7.09. The van der Waals surface area contributed by atoms with Gasteiger partial charge in [0.15, 0.2) is 5.82 Å². The van der Waals surface area contributed by atoms with E-state index in [9.17, 15) is 8.42 Å². The van der Waals surface area contributed by atoms with E-state index < -0.39 is 10.0 Å². The van der Waals surface area contributed by atoms with Crippen molar-refractivity contribution >= 4 is 10.0 Å². The van der Waals surface area contributed by atoms with E-state index in [2.05, 4.69) is 22.0 Å². The molecule has 0 radical (unpaired) electrons. The maximum atomic E-state index is 13.5. The van der Waals surface area contributed by atoms with Gasteiger partial charge in [0.05, 0.1) is 10.9 Å². The first kappa shape index (κ1) is 21.9. The van der Waals surface area contributed by atoms with Crippen molar-refractivity contribution in [3.05, 3.63) is 39.5 Å². The molecule has 0 N–H and O–H groups in total. The molecule has 2 aromatic rings. The lowest BCUT2D eigenvalue weighted by Gasteiger charge is -2.36. The zero-order chi connectivity index (χ0) is 21.5. The van der Waals surface area contributed by atoms with Gasteiger partial charge >= 0.3 is 0 Å². The van der Waals surface area contributed by atoms with Gasteiger partial charge in [-0.1, -0.05) is 12.1 Å². The van der Waals surface area contributed by atoms with Crippen LogP contribution in [0.1, 0.15) is 59.4 Å². The molecule has 1 atom stereocenters. The van der Waals surface area contributed by atoms with Crippen molar-refractivity contribution < 1.29 is 12.9 Å². The molecule has 3 rings (SSSR count). The highest BCUT2D eigenvalue weighted by molar-refractivity contribution is 7.89. The van der Waals surface area contributed by atoms with Crippen molar-refractivity contribution in [2.75, 3.05) is 26.2 Å². The maximum absolute atomic E-state index is 13.5. The zero-order valence-electron chi connectivity index (χ0n) is 18.5. The summed E-state index contributed by atoms with van der Waals surface area (Å²) in [6.45, 7) is 16.1. The number of hydrogen-bond acceptors (Lipinski definition) is 6. The van der Waals surface area contributed by atoms with Crippen molar-refractivity contribution in [1.82, 2.24) is 19.3 Å². The first-order chi connectivity index (χ1) is 13.6. The lowest BCUT2D eigenvalue weighted by molar-refractivity contribution is 0.124. The summed E-state index contributed by atoms with van der Waals surface area (Å²) in [5.41, 5.74) is 5.01. The summed E-state index contributed by atoms with van der Waals surface area (Å²) in [5, 5.41) is 3.97. The van der Waals surface area contributed by atoms with E-state index in [0.717, 1.165) is 28.7 Å². The molecular weight excluding hydrogens is 388 g/mol. The molecule has 1 aromatic heterocycles. The first-order valence-corrected chi connectivity index (χ1v) is 11.7. The molecule has 160 valence electrons. The molecule has 0 spiro atoms. The Balaban J connectivity index is 1.80. The number of nitrogens with zero attached hydrogens (tertiary/aromatic N) is 4. The van der Waals surface area contributed by atoms with Gasteiger partial charge in [0, 0.05) is 32.6 Å². The van der Waals surface area contributed by atoms with Gasteiger partial charge in [-0.25, -0.2) is 8.42 Å². The third-order valence-corrected chi connectivity index (χ3v) is 8.68. The molecule has 0 bridgehead atoms. The Labute approximate surface area is 174 Å². The second-order valence-corrected chi connectivity index (χ2v) is 9.85. The van der Waals surface area contributed by atoms with E-state index in [1.54, 1.807) is 4.31 Å². The van der Waals surface area contributed by atoms with Gasteiger partial charge in [-0.2, -0.15) is 9.29 Å². The number of hydrogen-bond donors (Lipinski definition) is 0. The minimum absolute atomic E-state index is 0.0278. The van der Waals surface area contributed by atoms with Gasteiger partial charge in [-0.15, -0.1) is 0 Å². The standard InChI is InChI=1S/C21H32N4O3S/c1-8-19-22-21(28-23-19)18(7)24-9-11-25(12-10-24)29(26,27)20-16(5)14(3)13(2)15(4)17(20)6/h18H,8-12H2,1-7H3/t18-/m1/s1. The SMILES string of the molecule is CCc1noc([C@@H](C)N2CCN(S(=O)(=O)c3c(C)c(C)c(C)c(C)c3C)CC2)n1. The van der Waals surface area contributed by atoms with Crippen LogP contribution in [-0.2, 0) is 16.4 Å². The number of piperazine rings is 1. The zero-order valence-corrected chi connectivity index (χ0v) is 19.4. The molecule has 0 aliphatic carbocycles. The highest BCUT2D eigenvalue weighted by Gasteiger charge is 2.34. The summed E-state index contributed by atoms with van der Waals surface area (Å²) in [5.74, 6) is 1.29. The van der Waals surface area contributed by atoms with Crippen LogP contribution in [0.3, 0.4) is 0 Å². The van der Waals surface area contributed by atoms with Gasteiger partial charge in [-0.3, -0.25) is 4.90 Å². The van der Waals surface area contributed by atoms with E-state index in [-0.39, 0.29) is 6.04 Å². The predicted octanol–water partition coefficient (Wildman–Crippen LogP) is 3.24. The number of benzene rings is 1. The fourth-order valence-corrected chi connectivity index (χ4v) is 6.03. The third-order valence-electron chi connectivity index (χ3n) is 6.51. The van der Waals surface area contributed by atoms with Crippen LogP contribution in [0.15, 0.2) is 9.42 Å². The normalized spacial score (nSPS) is 17.6. The quantitative estimate of drug-likeness (QED) is 0.739. The Bertz CT molecular complexity index is 976. The summed E-state index contributed by atoms with van der Waals surface area (Å²) >= 11 is 0. The fraction of sp³-hybridized carbons (Fsp3) is 0.619. The summed E-state index contributed by atoms with van der Waals surface area (Å²) in [7, 11) is -3.54.